The van der Waals surface area contributed by atoms with Crippen LogP contribution in [0.25, 0.3) is 0 Å². The predicted molar refractivity (Wildman–Crippen MR) is 79.1 cm³/mol. The molecule has 1 aliphatic rings. The first-order valence-electron chi connectivity index (χ1n) is 6.42. The number of benzene rings is 1. The van der Waals surface area contributed by atoms with E-state index < -0.39 is 0 Å². The summed E-state index contributed by atoms with van der Waals surface area (Å²) in [5.74, 6) is -0.542. The first-order valence-corrected chi connectivity index (χ1v) is 6.80. The van der Waals surface area contributed by atoms with Gasteiger partial charge in [0.15, 0.2) is 0 Å². The van der Waals surface area contributed by atoms with Crippen LogP contribution in [0, 0.1) is 0 Å². The normalized spacial score (nSPS) is 14.1. The topological polar surface area (TPSA) is 62.3 Å². The van der Waals surface area contributed by atoms with E-state index in [1.807, 2.05) is 24.3 Å². The predicted octanol–water partition coefficient (Wildman–Crippen LogP) is 2.33. The van der Waals surface area contributed by atoms with Crippen LogP contribution in [0.3, 0.4) is 0 Å². The molecule has 0 bridgehead atoms. The summed E-state index contributed by atoms with van der Waals surface area (Å²) in [7, 11) is 0. The molecule has 106 valence electrons. The molecule has 0 spiro atoms. The number of nitrogens with one attached hydrogen (secondary N) is 1. The molecule has 21 heavy (non-hydrogen) atoms. The van der Waals surface area contributed by atoms with Crippen molar-refractivity contribution in [3.63, 3.8) is 0 Å². The van der Waals surface area contributed by atoms with Gasteiger partial charge in [-0.3, -0.25) is 14.6 Å². The van der Waals surface area contributed by atoms with Crippen LogP contribution in [0.5, 0.6) is 0 Å². The smallest absolute Gasteiger partial charge is 0.273 e. The van der Waals surface area contributed by atoms with Crippen molar-refractivity contribution in [2.24, 2.45) is 0 Å². The number of hydrogen-bond acceptors (Lipinski definition) is 3. The summed E-state index contributed by atoms with van der Waals surface area (Å²) in [5, 5.41) is 3.23. The number of pyridine rings is 1. The molecule has 0 atom stereocenters. The number of carbonyl (C=O) groups excluding carboxylic acids is 2. The minimum Gasteiger partial charge on any atom is -0.324 e. The lowest BCUT2D eigenvalue weighted by molar-refractivity contribution is -0.116. The highest BCUT2D eigenvalue weighted by Gasteiger charge is 2.24. The van der Waals surface area contributed by atoms with Crippen LogP contribution in [0.4, 0.5) is 5.69 Å². The molecular weight excluding hydrogens is 290 g/mol. The molecule has 2 amide bonds. The number of carbonyl (C=O) groups is 2. The second-order valence-electron chi connectivity index (χ2n) is 4.73. The number of aromatic nitrogens is 1. The molecule has 0 saturated heterocycles. The summed E-state index contributed by atoms with van der Waals surface area (Å²) >= 11 is 5.88. The van der Waals surface area contributed by atoms with E-state index in [1.54, 1.807) is 6.07 Å². The van der Waals surface area contributed by atoms with Crippen molar-refractivity contribution in [1.29, 1.82) is 0 Å². The Hall–Kier alpha value is -2.40. The maximum Gasteiger partial charge on any atom is 0.273 e. The van der Waals surface area contributed by atoms with Crippen molar-refractivity contribution < 1.29 is 9.59 Å². The van der Waals surface area contributed by atoms with Crippen LogP contribution in [-0.4, -0.2) is 28.2 Å². The molecule has 1 aliphatic heterocycles. The van der Waals surface area contributed by atoms with E-state index >= 15 is 0 Å². The van der Waals surface area contributed by atoms with Crippen molar-refractivity contribution in [2.75, 3.05) is 11.9 Å². The molecule has 0 fully saturated rings. The maximum absolute atomic E-state index is 12.5. The molecule has 3 rings (SSSR count). The van der Waals surface area contributed by atoms with Gasteiger partial charge in [-0.05, 0) is 23.8 Å². The van der Waals surface area contributed by atoms with Crippen LogP contribution >= 0.6 is 11.6 Å². The van der Waals surface area contributed by atoms with Gasteiger partial charge in [-0.2, -0.15) is 0 Å². The van der Waals surface area contributed by atoms with Gasteiger partial charge in [0.2, 0.25) is 5.91 Å². The maximum atomic E-state index is 12.5. The fourth-order valence-electron chi connectivity index (χ4n) is 2.23. The molecule has 0 saturated carbocycles. The number of rotatable bonds is 1. The SMILES string of the molecule is O=C1CN(C(=O)c2cc(Cl)ccn2)Cc2ccccc2N1. The Kier molecular flexibility index (Phi) is 3.58. The Morgan fingerprint density at radius 3 is 2.86 bits per heavy atom. The minimum absolute atomic E-state index is 0.0122. The van der Waals surface area contributed by atoms with E-state index in [-0.39, 0.29) is 24.1 Å². The van der Waals surface area contributed by atoms with Crippen molar-refractivity contribution in [2.45, 2.75) is 6.54 Å². The largest absolute Gasteiger partial charge is 0.324 e. The third kappa shape index (κ3) is 2.87. The molecule has 2 heterocycles. The zero-order valence-corrected chi connectivity index (χ0v) is 11.8. The third-order valence-corrected chi connectivity index (χ3v) is 3.45. The van der Waals surface area contributed by atoms with Gasteiger partial charge in [-0.1, -0.05) is 29.8 Å². The summed E-state index contributed by atoms with van der Waals surface area (Å²) in [6.07, 6.45) is 1.47. The first-order chi connectivity index (χ1) is 10.1. The lowest BCUT2D eigenvalue weighted by Gasteiger charge is -2.19. The number of halogens is 1. The van der Waals surface area contributed by atoms with Gasteiger partial charge >= 0.3 is 0 Å². The Morgan fingerprint density at radius 2 is 2.05 bits per heavy atom. The number of amides is 2. The van der Waals surface area contributed by atoms with Gasteiger partial charge in [0, 0.05) is 23.5 Å². The molecule has 1 aromatic carbocycles. The quantitative estimate of drug-likeness (QED) is 0.879. The Morgan fingerprint density at radius 1 is 1.24 bits per heavy atom. The van der Waals surface area contributed by atoms with E-state index in [0.717, 1.165) is 11.3 Å². The lowest BCUT2D eigenvalue weighted by Crippen LogP contribution is -2.35. The number of fused-ring (bicyclic) bond motifs is 1. The van der Waals surface area contributed by atoms with Gasteiger partial charge in [0.1, 0.15) is 12.2 Å². The van der Waals surface area contributed by atoms with Crippen LogP contribution in [0.15, 0.2) is 42.6 Å². The van der Waals surface area contributed by atoms with Crippen LogP contribution in [-0.2, 0) is 11.3 Å². The average Bonchev–Trinajstić information content (AvgIpc) is 2.64. The molecule has 1 N–H and O–H groups in total. The molecule has 5 nitrogen and oxygen atoms in total. The summed E-state index contributed by atoms with van der Waals surface area (Å²) in [5.41, 5.74) is 1.85. The molecular formula is C15H12ClN3O2. The van der Waals surface area contributed by atoms with Gasteiger partial charge in [-0.25, -0.2) is 0 Å². The fourth-order valence-corrected chi connectivity index (χ4v) is 2.39. The Labute approximate surface area is 126 Å². The zero-order valence-electron chi connectivity index (χ0n) is 11.0. The van der Waals surface area contributed by atoms with Crippen molar-refractivity contribution in [3.8, 4) is 0 Å². The Bertz CT molecular complexity index is 718. The third-order valence-electron chi connectivity index (χ3n) is 3.22. The van der Waals surface area contributed by atoms with E-state index in [0.29, 0.717) is 11.6 Å². The minimum atomic E-state index is -0.315. The molecule has 0 unspecified atom stereocenters. The highest BCUT2D eigenvalue weighted by Crippen LogP contribution is 2.21. The fraction of sp³-hybridized carbons (Fsp3) is 0.133. The van der Waals surface area contributed by atoms with Gasteiger partial charge in [0.25, 0.3) is 5.91 Å². The number of nitrogens with zero attached hydrogens (tertiary/aromatic N) is 2. The molecule has 1 aromatic heterocycles. The molecule has 0 radical (unpaired) electrons. The lowest BCUT2D eigenvalue weighted by atomic mass is 10.1. The molecule has 0 aliphatic carbocycles. The van der Waals surface area contributed by atoms with Crippen LogP contribution in [0.2, 0.25) is 5.02 Å². The highest BCUT2D eigenvalue weighted by atomic mass is 35.5. The second kappa shape index (κ2) is 5.54. The van der Waals surface area contributed by atoms with Gasteiger partial charge in [-0.15, -0.1) is 0 Å². The Balaban J connectivity index is 1.92. The van der Waals surface area contributed by atoms with E-state index in [2.05, 4.69) is 10.3 Å². The van der Waals surface area contributed by atoms with E-state index in [9.17, 15) is 9.59 Å². The van der Waals surface area contributed by atoms with Crippen LogP contribution in [0.1, 0.15) is 16.1 Å². The monoisotopic (exact) mass is 301 g/mol. The summed E-state index contributed by atoms with van der Waals surface area (Å²) in [6, 6.07) is 10.5. The van der Waals surface area contributed by atoms with Crippen LogP contribution < -0.4 is 5.32 Å². The number of hydrogen-bond donors (Lipinski definition) is 1. The van der Waals surface area contributed by atoms with Crippen molar-refractivity contribution in [3.05, 3.63) is 58.9 Å². The van der Waals surface area contributed by atoms with E-state index in [4.69, 9.17) is 11.6 Å². The van der Waals surface area contributed by atoms with Gasteiger partial charge in [0.05, 0.1) is 0 Å². The molecule has 2 aromatic rings. The summed E-state index contributed by atoms with van der Waals surface area (Å²) in [4.78, 5) is 29.9. The number of para-hydroxylation sites is 1. The average molecular weight is 302 g/mol. The summed E-state index contributed by atoms with van der Waals surface area (Å²) < 4.78 is 0. The molecule has 6 heteroatoms. The van der Waals surface area contributed by atoms with Gasteiger partial charge < -0.3 is 10.2 Å². The van der Waals surface area contributed by atoms with Crippen molar-refractivity contribution in [1.82, 2.24) is 9.88 Å². The standard InChI is InChI=1S/C15H12ClN3O2/c16-11-5-6-17-13(7-11)15(21)19-8-10-3-1-2-4-12(10)18-14(20)9-19/h1-7H,8-9H2,(H,18,20). The highest BCUT2D eigenvalue weighted by molar-refractivity contribution is 6.30. The second-order valence-corrected chi connectivity index (χ2v) is 5.16. The number of anilines is 1. The first kappa shape index (κ1) is 13.6. The van der Waals surface area contributed by atoms with Crippen molar-refractivity contribution >= 4 is 29.1 Å². The zero-order chi connectivity index (χ0) is 14.8. The summed E-state index contributed by atoms with van der Waals surface area (Å²) in [6.45, 7) is 0.337. The van der Waals surface area contributed by atoms with E-state index in [1.165, 1.54) is 17.2 Å².